The van der Waals surface area contributed by atoms with Gasteiger partial charge in [-0.3, -0.25) is 14.6 Å². The van der Waals surface area contributed by atoms with Crippen LogP contribution >= 0.6 is 0 Å². The summed E-state index contributed by atoms with van der Waals surface area (Å²) in [6.45, 7) is 8.91. The van der Waals surface area contributed by atoms with Gasteiger partial charge in [-0.2, -0.15) is 0 Å². The number of rotatable bonds is 9. The van der Waals surface area contributed by atoms with Crippen LogP contribution < -0.4 is 10.6 Å². The average molecular weight is 504 g/mol. The third-order valence-electron chi connectivity index (χ3n) is 8.51. The molecular weight excluding hydrogens is 467 g/mol. The van der Waals surface area contributed by atoms with Gasteiger partial charge in [-0.25, -0.2) is 4.98 Å². The van der Waals surface area contributed by atoms with Gasteiger partial charge in [-0.15, -0.1) is 0 Å². The van der Waals surface area contributed by atoms with E-state index < -0.39 is 19.1 Å². The van der Waals surface area contributed by atoms with Crippen molar-refractivity contribution in [3.63, 3.8) is 0 Å². The summed E-state index contributed by atoms with van der Waals surface area (Å²) >= 11 is 0. The molecule has 8 nitrogen and oxygen atoms in total. The first-order valence-electron chi connectivity index (χ1n) is 13.4. The normalized spacial score (nSPS) is 27.1. The molecule has 2 N–H and O–H groups in total. The fourth-order valence-electron chi connectivity index (χ4n) is 6.29. The predicted molar refractivity (Wildman–Crippen MR) is 140 cm³/mol. The fourth-order valence-corrected chi connectivity index (χ4v) is 6.29. The first-order valence-corrected chi connectivity index (χ1v) is 13.4. The first-order chi connectivity index (χ1) is 17.7. The van der Waals surface area contributed by atoms with Crippen LogP contribution in [0.15, 0.2) is 48.9 Å². The first kappa shape index (κ1) is 25.9. The van der Waals surface area contributed by atoms with Gasteiger partial charge in [0.25, 0.3) is 5.91 Å². The van der Waals surface area contributed by atoms with Crippen molar-refractivity contribution < 1.29 is 18.9 Å². The summed E-state index contributed by atoms with van der Waals surface area (Å²) in [6, 6.07) is 8.87. The Bertz CT molecular complexity index is 1100. The Morgan fingerprint density at radius 1 is 1.11 bits per heavy atom. The molecule has 37 heavy (non-hydrogen) atoms. The van der Waals surface area contributed by atoms with Crippen molar-refractivity contribution >= 4 is 18.9 Å². The Morgan fingerprint density at radius 3 is 2.57 bits per heavy atom. The van der Waals surface area contributed by atoms with E-state index in [4.69, 9.17) is 9.31 Å². The average Bonchev–Trinajstić information content (AvgIpc) is 3.33. The zero-order chi connectivity index (χ0) is 26.2. The molecule has 9 heteroatoms. The monoisotopic (exact) mass is 504 g/mol. The lowest BCUT2D eigenvalue weighted by atomic mass is 9.47. The Balaban J connectivity index is 1.31. The zero-order valence-electron chi connectivity index (χ0n) is 22.1. The molecule has 196 valence electrons. The zero-order valence-corrected chi connectivity index (χ0v) is 22.1. The van der Waals surface area contributed by atoms with Crippen LogP contribution in [0.2, 0.25) is 0 Å². The van der Waals surface area contributed by atoms with Gasteiger partial charge in [0.05, 0.1) is 24.3 Å². The Morgan fingerprint density at radius 2 is 1.89 bits per heavy atom. The molecule has 2 amide bonds. The lowest BCUT2D eigenvalue weighted by Gasteiger charge is -2.60. The van der Waals surface area contributed by atoms with Gasteiger partial charge < -0.3 is 19.9 Å². The highest BCUT2D eigenvalue weighted by Gasteiger charge is 2.62. The molecule has 1 saturated heterocycles. The molecule has 2 heterocycles. The summed E-state index contributed by atoms with van der Waals surface area (Å²) < 4.78 is 13.0. The molecule has 6 atom stereocenters. The van der Waals surface area contributed by atoms with Crippen molar-refractivity contribution in [1.29, 1.82) is 0 Å². The molecule has 2 bridgehead atoms. The Kier molecular flexibility index (Phi) is 7.36. The van der Waals surface area contributed by atoms with Crippen molar-refractivity contribution in [2.45, 2.75) is 77.6 Å². The molecule has 3 saturated carbocycles. The number of benzene rings is 1. The lowest BCUT2D eigenvalue weighted by molar-refractivity contribution is -0.150. The SMILES string of the molecule is CC(C)C[C@H](NC(=O)[C@H](Cc1ccccc1)NC(=O)c1cnccn1)B1O[C@H]2[C@H]3C[C@@H](C[C@H]2O1)C3(C)C. The topological polar surface area (TPSA) is 102 Å². The number of nitrogens with one attached hydrogen (secondary N) is 2. The molecule has 6 rings (SSSR count). The van der Waals surface area contributed by atoms with Crippen LogP contribution in [0, 0.1) is 23.2 Å². The van der Waals surface area contributed by atoms with Crippen LogP contribution in [0.1, 0.15) is 63.0 Å². The van der Waals surface area contributed by atoms with E-state index in [-0.39, 0.29) is 35.2 Å². The van der Waals surface area contributed by atoms with Crippen LogP contribution in [0.25, 0.3) is 0 Å². The van der Waals surface area contributed by atoms with E-state index in [1.807, 2.05) is 30.3 Å². The van der Waals surface area contributed by atoms with Crippen LogP contribution in [0.3, 0.4) is 0 Å². The third kappa shape index (κ3) is 5.43. The van der Waals surface area contributed by atoms with Gasteiger partial charge >= 0.3 is 7.12 Å². The van der Waals surface area contributed by atoms with Crippen molar-refractivity contribution in [3.05, 3.63) is 60.2 Å². The Hall–Kier alpha value is -2.78. The van der Waals surface area contributed by atoms with E-state index >= 15 is 0 Å². The molecule has 3 aliphatic carbocycles. The van der Waals surface area contributed by atoms with E-state index in [1.165, 1.54) is 25.0 Å². The molecule has 0 unspecified atom stereocenters. The van der Waals surface area contributed by atoms with Gasteiger partial charge in [-0.05, 0) is 48.0 Å². The van der Waals surface area contributed by atoms with E-state index in [0.29, 0.717) is 30.6 Å². The lowest BCUT2D eigenvalue weighted by Crippen LogP contribution is -2.59. The number of amides is 2. The molecule has 0 spiro atoms. The van der Waals surface area contributed by atoms with E-state index in [9.17, 15) is 9.59 Å². The smallest absolute Gasteiger partial charge is 0.404 e. The quantitative estimate of drug-likeness (QED) is 0.509. The molecule has 1 aliphatic heterocycles. The van der Waals surface area contributed by atoms with Crippen molar-refractivity contribution in [3.8, 4) is 0 Å². The van der Waals surface area contributed by atoms with Crippen LogP contribution in [0.4, 0.5) is 0 Å². The Labute approximate surface area is 219 Å². The molecular formula is C28H37BN4O4. The number of carbonyl (C=O) groups is 2. The minimum Gasteiger partial charge on any atom is -0.404 e. The summed E-state index contributed by atoms with van der Waals surface area (Å²) in [5.74, 6) is 0.473. The molecule has 4 aliphatic rings. The number of aromatic nitrogens is 2. The minimum absolute atomic E-state index is 0.0769. The van der Waals surface area contributed by atoms with Gasteiger partial charge in [0.15, 0.2) is 0 Å². The van der Waals surface area contributed by atoms with Gasteiger partial charge in [0.1, 0.15) is 11.7 Å². The summed E-state index contributed by atoms with van der Waals surface area (Å²) in [4.78, 5) is 34.6. The second-order valence-corrected chi connectivity index (χ2v) is 11.8. The number of hydrogen-bond acceptors (Lipinski definition) is 6. The van der Waals surface area contributed by atoms with Gasteiger partial charge in [0, 0.05) is 18.8 Å². The van der Waals surface area contributed by atoms with Crippen molar-refractivity contribution in [2.75, 3.05) is 0 Å². The van der Waals surface area contributed by atoms with E-state index in [0.717, 1.165) is 12.0 Å². The number of hydrogen-bond donors (Lipinski definition) is 2. The predicted octanol–water partition coefficient (Wildman–Crippen LogP) is 3.23. The summed E-state index contributed by atoms with van der Waals surface area (Å²) in [5, 5.41) is 6.06. The van der Waals surface area contributed by atoms with E-state index in [2.05, 4.69) is 48.3 Å². The summed E-state index contributed by atoms with van der Waals surface area (Å²) in [7, 11) is -0.496. The molecule has 2 aromatic rings. The maximum atomic E-state index is 13.7. The third-order valence-corrected chi connectivity index (χ3v) is 8.51. The summed E-state index contributed by atoms with van der Waals surface area (Å²) in [6.07, 6.45) is 7.79. The second kappa shape index (κ2) is 10.5. The maximum Gasteiger partial charge on any atom is 0.481 e. The fraction of sp³-hybridized carbons (Fsp3) is 0.571. The summed E-state index contributed by atoms with van der Waals surface area (Å²) in [5.41, 5.74) is 1.39. The standard InChI is InChI=1S/C28H37BN4O4/c1-17(2)12-24(29-36-23-15-19-14-20(25(23)37-29)28(19,3)4)33-26(34)21(13-18-8-6-5-7-9-18)32-27(35)22-16-30-10-11-31-22/h5-11,16-17,19-21,23-25H,12-15H2,1-4H3,(H,32,35)(H,33,34)/t19-,20+,21-,23+,24-,25-/m0/s1. The molecule has 1 aromatic carbocycles. The van der Waals surface area contributed by atoms with Crippen molar-refractivity contribution in [1.82, 2.24) is 20.6 Å². The van der Waals surface area contributed by atoms with Crippen LogP contribution in [-0.2, 0) is 20.5 Å². The highest BCUT2D eigenvalue weighted by Crippen LogP contribution is 2.61. The number of nitrogens with zero attached hydrogens (tertiary/aromatic N) is 2. The van der Waals surface area contributed by atoms with Gasteiger partial charge in [0.2, 0.25) is 5.91 Å². The molecule has 4 fully saturated rings. The number of carbonyl (C=O) groups excluding carboxylic acids is 2. The minimum atomic E-state index is -0.790. The molecule has 1 aromatic heterocycles. The largest absolute Gasteiger partial charge is 0.481 e. The highest BCUT2D eigenvalue weighted by atomic mass is 16.7. The van der Waals surface area contributed by atoms with Crippen molar-refractivity contribution in [2.24, 2.45) is 23.2 Å². The maximum absolute atomic E-state index is 13.7. The van der Waals surface area contributed by atoms with Gasteiger partial charge in [-0.1, -0.05) is 58.0 Å². The van der Waals surface area contributed by atoms with Crippen LogP contribution in [-0.4, -0.2) is 53.1 Å². The highest BCUT2D eigenvalue weighted by molar-refractivity contribution is 6.47. The molecule has 0 radical (unpaired) electrons. The second-order valence-electron chi connectivity index (χ2n) is 11.8. The van der Waals surface area contributed by atoms with Crippen LogP contribution in [0.5, 0.6) is 0 Å². The van der Waals surface area contributed by atoms with E-state index in [1.54, 1.807) is 0 Å².